The number of fused-ring (bicyclic) bond motifs is 1. The summed E-state index contributed by atoms with van der Waals surface area (Å²) in [5.74, 6) is 1.08. The molecular formula is C23H25N4O4+. The molecular weight excluding hydrogens is 396 g/mol. The fourth-order valence-electron chi connectivity index (χ4n) is 4.02. The van der Waals surface area contributed by atoms with Crippen molar-refractivity contribution >= 4 is 23.2 Å². The number of benzene rings is 2. The van der Waals surface area contributed by atoms with Crippen LogP contribution in [0.15, 0.2) is 42.5 Å². The SMILES string of the molecule is C[C@H](C(=O)Nc1ccccc1C#N)[NH+]1CCC(C(=O)Nc2ccc3c(c2)OCO3)CC1. The van der Waals surface area contributed by atoms with Gasteiger partial charge in [0.15, 0.2) is 17.5 Å². The first kappa shape index (κ1) is 20.7. The maximum absolute atomic E-state index is 12.7. The predicted molar refractivity (Wildman–Crippen MR) is 114 cm³/mol. The van der Waals surface area contributed by atoms with Crippen LogP contribution in [0.5, 0.6) is 11.5 Å². The van der Waals surface area contributed by atoms with Crippen LogP contribution in [0.3, 0.4) is 0 Å². The van der Waals surface area contributed by atoms with Gasteiger partial charge >= 0.3 is 0 Å². The van der Waals surface area contributed by atoms with Crippen LogP contribution in [-0.2, 0) is 9.59 Å². The highest BCUT2D eigenvalue weighted by Crippen LogP contribution is 2.34. The lowest BCUT2D eigenvalue weighted by Crippen LogP contribution is -3.17. The van der Waals surface area contributed by atoms with Crippen molar-refractivity contribution in [2.75, 3.05) is 30.5 Å². The average Bonchev–Trinajstić information content (AvgIpc) is 3.27. The van der Waals surface area contributed by atoms with E-state index in [9.17, 15) is 14.9 Å². The fourth-order valence-corrected chi connectivity index (χ4v) is 4.02. The monoisotopic (exact) mass is 421 g/mol. The van der Waals surface area contributed by atoms with Crippen LogP contribution in [0.4, 0.5) is 11.4 Å². The molecule has 31 heavy (non-hydrogen) atoms. The Morgan fingerprint density at radius 2 is 1.84 bits per heavy atom. The molecule has 4 rings (SSSR count). The Morgan fingerprint density at radius 3 is 2.61 bits per heavy atom. The van der Waals surface area contributed by atoms with E-state index in [-0.39, 0.29) is 30.6 Å². The smallest absolute Gasteiger partial charge is 0.282 e. The summed E-state index contributed by atoms with van der Waals surface area (Å²) >= 11 is 0. The van der Waals surface area contributed by atoms with E-state index in [0.717, 1.165) is 18.0 Å². The lowest BCUT2D eigenvalue weighted by molar-refractivity contribution is -0.919. The Morgan fingerprint density at radius 1 is 1.10 bits per heavy atom. The molecule has 8 nitrogen and oxygen atoms in total. The molecule has 2 amide bonds. The van der Waals surface area contributed by atoms with Gasteiger partial charge in [-0.05, 0) is 31.2 Å². The number of anilines is 2. The third-order valence-corrected chi connectivity index (χ3v) is 5.95. The third-order valence-electron chi connectivity index (χ3n) is 5.95. The second-order valence-electron chi connectivity index (χ2n) is 7.86. The number of nitrogens with one attached hydrogen (secondary N) is 3. The second kappa shape index (κ2) is 9.06. The van der Waals surface area contributed by atoms with Crippen molar-refractivity contribution in [1.82, 2.24) is 0 Å². The van der Waals surface area contributed by atoms with Gasteiger partial charge in [0.2, 0.25) is 12.7 Å². The molecule has 0 bridgehead atoms. The van der Waals surface area contributed by atoms with Gasteiger partial charge in [0, 0.05) is 30.5 Å². The van der Waals surface area contributed by atoms with Crippen molar-refractivity contribution in [2.24, 2.45) is 5.92 Å². The van der Waals surface area contributed by atoms with Crippen LogP contribution < -0.4 is 25.0 Å². The van der Waals surface area contributed by atoms with Gasteiger partial charge in [0.25, 0.3) is 5.91 Å². The molecule has 2 aliphatic rings. The molecule has 2 heterocycles. The number of piperidine rings is 1. The van der Waals surface area contributed by atoms with E-state index < -0.39 is 0 Å². The molecule has 1 atom stereocenters. The van der Waals surface area contributed by atoms with Crippen LogP contribution in [0.2, 0.25) is 0 Å². The van der Waals surface area contributed by atoms with Gasteiger partial charge in [0.1, 0.15) is 6.07 Å². The zero-order valence-electron chi connectivity index (χ0n) is 17.3. The van der Waals surface area contributed by atoms with Crippen LogP contribution in [-0.4, -0.2) is 37.7 Å². The molecule has 8 heteroatoms. The summed E-state index contributed by atoms with van der Waals surface area (Å²) in [6.45, 7) is 3.54. The van der Waals surface area contributed by atoms with Crippen molar-refractivity contribution in [2.45, 2.75) is 25.8 Å². The number of hydrogen-bond donors (Lipinski definition) is 3. The van der Waals surface area contributed by atoms with Crippen LogP contribution in [0.25, 0.3) is 0 Å². The maximum atomic E-state index is 12.7. The van der Waals surface area contributed by atoms with Gasteiger partial charge in [0.05, 0.1) is 24.3 Å². The summed E-state index contributed by atoms with van der Waals surface area (Å²) in [5.41, 5.74) is 1.66. The van der Waals surface area contributed by atoms with Crippen LogP contribution in [0.1, 0.15) is 25.3 Å². The van der Waals surface area contributed by atoms with Crippen molar-refractivity contribution in [3.8, 4) is 17.6 Å². The van der Waals surface area contributed by atoms with Gasteiger partial charge in [-0.25, -0.2) is 0 Å². The van der Waals surface area contributed by atoms with Crippen LogP contribution >= 0.6 is 0 Å². The first-order valence-electron chi connectivity index (χ1n) is 10.4. The molecule has 160 valence electrons. The number of likely N-dealkylation sites (tertiary alicyclic amines) is 1. The van der Waals surface area contributed by atoms with Gasteiger partial charge in [-0.1, -0.05) is 12.1 Å². The van der Waals surface area contributed by atoms with E-state index in [4.69, 9.17) is 9.47 Å². The number of rotatable bonds is 5. The largest absolute Gasteiger partial charge is 0.454 e. The van der Waals surface area contributed by atoms with E-state index in [2.05, 4.69) is 16.7 Å². The molecule has 2 aromatic carbocycles. The van der Waals surface area contributed by atoms with E-state index in [0.29, 0.717) is 41.3 Å². The van der Waals surface area contributed by atoms with Gasteiger partial charge in [-0.2, -0.15) is 5.26 Å². The Hall–Kier alpha value is -3.57. The van der Waals surface area contributed by atoms with E-state index in [1.54, 1.807) is 42.5 Å². The summed E-state index contributed by atoms with van der Waals surface area (Å²) in [7, 11) is 0. The summed E-state index contributed by atoms with van der Waals surface area (Å²) in [6, 6.07) is 14.1. The fraction of sp³-hybridized carbons (Fsp3) is 0.348. The molecule has 0 unspecified atom stereocenters. The molecule has 0 spiro atoms. The number of carbonyl (C=O) groups excluding carboxylic acids is 2. The molecule has 0 aromatic heterocycles. The van der Waals surface area contributed by atoms with E-state index in [1.165, 1.54) is 0 Å². The molecule has 0 saturated carbocycles. The topological polar surface area (TPSA) is 105 Å². The lowest BCUT2D eigenvalue weighted by Gasteiger charge is -2.32. The number of quaternary nitrogens is 1. The number of nitrogens with zero attached hydrogens (tertiary/aromatic N) is 1. The Kier molecular flexibility index (Phi) is 6.05. The molecule has 2 aromatic rings. The molecule has 0 aliphatic carbocycles. The third kappa shape index (κ3) is 4.62. The van der Waals surface area contributed by atoms with Gasteiger partial charge < -0.3 is 25.0 Å². The molecule has 1 fully saturated rings. The second-order valence-corrected chi connectivity index (χ2v) is 7.86. The summed E-state index contributed by atoms with van der Waals surface area (Å²) in [4.78, 5) is 26.5. The highest BCUT2D eigenvalue weighted by atomic mass is 16.7. The zero-order valence-corrected chi connectivity index (χ0v) is 17.3. The molecule has 3 N–H and O–H groups in total. The normalized spacial score (nSPS) is 20.4. The molecule has 0 radical (unpaired) electrons. The number of carbonyl (C=O) groups is 2. The van der Waals surface area contributed by atoms with E-state index >= 15 is 0 Å². The van der Waals surface area contributed by atoms with Crippen molar-refractivity contribution in [3.05, 3.63) is 48.0 Å². The molecule has 2 aliphatic heterocycles. The van der Waals surface area contributed by atoms with Crippen molar-refractivity contribution in [1.29, 1.82) is 5.26 Å². The van der Waals surface area contributed by atoms with Gasteiger partial charge in [-0.15, -0.1) is 0 Å². The predicted octanol–water partition coefficient (Wildman–Crippen LogP) is 1.55. The molecule has 1 saturated heterocycles. The number of nitriles is 1. The van der Waals surface area contributed by atoms with Crippen LogP contribution in [0, 0.1) is 17.2 Å². The Bertz CT molecular complexity index is 1020. The van der Waals surface area contributed by atoms with E-state index in [1.807, 2.05) is 6.92 Å². The standard InChI is InChI=1S/C23H24N4O4/c1-15(22(28)26-19-5-3-2-4-17(19)13-24)27-10-8-16(9-11-27)23(29)25-18-6-7-20-21(12-18)31-14-30-20/h2-7,12,15-16H,8-11,14H2,1H3,(H,25,29)(H,26,28)/p+1/t15-/m1/s1. The first-order valence-corrected chi connectivity index (χ1v) is 10.4. The lowest BCUT2D eigenvalue weighted by atomic mass is 9.94. The summed E-state index contributed by atoms with van der Waals surface area (Å²) in [6.07, 6.45) is 1.41. The number of amides is 2. The minimum atomic E-state index is -0.274. The minimum absolute atomic E-state index is 0.0158. The van der Waals surface area contributed by atoms with Crippen molar-refractivity contribution in [3.63, 3.8) is 0 Å². The van der Waals surface area contributed by atoms with Crippen molar-refractivity contribution < 1.29 is 24.0 Å². The Labute approximate surface area is 180 Å². The number of ether oxygens (including phenoxy) is 2. The Balaban J connectivity index is 1.29. The zero-order chi connectivity index (χ0) is 21.8. The minimum Gasteiger partial charge on any atom is -0.454 e. The first-order chi connectivity index (χ1) is 15.0. The summed E-state index contributed by atoms with van der Waals surface area (Å²) in [5, 5.41) is 15.0. The number of para-hydroxylation sites is 1. The highest BCUT2D eigenvalue weighted by Gasteiger charge is 2.33. The average molecular weight is 421 g/mol. The highest BCUT2D eigenvalue weighted by molar-refractivity contribution is 5.95. The van der Waals surface area contributed by atoms with Gasteiger partial charge in [-0.3, -0.25) is 9.59 Å². The summed E-state index contributed by atoms with van der Waals surface area (Å²) < 4.78 is 10.6. The number of hydrogen-bond acceptors (Lipinski definition) is 5. The maximum Gasteiger partial charge on any atom is 0.282 e. The quantitative estimate of drug-likeness (QED) is 0.679.